The van der Waals surface area contributed by atoms with Crippen LogP contribution in [0.3, 0.4) is 0 Å². The highest BCUT2D eigenvalue weighted by atomic mass is 16.7. The Bertz CT molecular complexity index is 1330. The normalized spacial score (nSPS) is 49.0. The molecule has 2 aliphatic heterocycles. The van der Waals surface area contributed by atoms with E-state index in [9.17, 15) is 19.8 Å². The first-order valence-corrected chi connectivity index (χ1v) is 19.2. The minimum Gasteiger partial charge on any atom is -0.457 e. The van der Waals surface area contributed by atoms with Crippen molar-refractivity contribution in [2.75, 3.05) is 33.8 Å². The molecule has 7 fully saturated rings. The highest BCUT2D eigenvalue weighted by molar-refractivity contribution is 5.73. The number of amides is 2. The minimum atomic E-state index is -1.27. The number of rotatable bonds is 5. The average molecular weight is 689 g/mol. The predicted molar refractivity (Wildman–Crippen MR) is 183 cm³/mol. The van der Waals surface area contributed by atoms with Crippen molar-refractivity contribution in [2.45, 2.75) is 149 Å². The van der Waals surface area contributed by atoms with Crippen LogP contribution in [0.5, 0.6) is 0 Å². The van der Waals surface area contributed by atoms with E-state index in [1.54, 1.807) is 32.8 Å². The summed E-state index contributed by atoms with van der Waals surface area (Å²) in [5.41, 5.74) is -1.22. The number of carbonyl (C=O) groups is 2. The van der Waals surface area contributed by atoms with Crippen LogP contribution in [0, 0.1) is 50.7 Å². The number of hydrogen-bond acceptors (Lipinski definition) is 8. The predicted octanol–water partition coefficient (Wildman–Crippen LogP) is 5.23. The second-order valence-electron chi connectivity index (χ2n) is 19.3. The first-order chi connectivity index (χ1) is 22.7. The van der Waals surface area contributed by atoms with Gasteiger partial charge in [-0.15, -0.1) is 0 Å². The lowest BCUT2D eigenvalue weighted by atomic mass is 9.41. The molecule has 2 saturated heterocycles. The van der Waals surface area contributed by atoms with Crippen molar-refractivity contribution in [1.82, 2.24) is 9.80 Å². The monoisotopic (exact) mass is 688 g/mol. The van der Waals surface area contributed by atoms with Gasteiger partial charge in [-0.1, -0.05) is 34.6 Å². The Morgan fingerprint density at radius 2 is 1.69 bits per heavy atom. The molecule has 0 aromatic heterocycles. The molecule has 49 heavy (non-hydrogen) atoms. The van der Waals surface area contributed by atoms with E-state index < -0.39 is 36.2 Å². The highest BCUT2D eigenvalue weighted by Gasteiger charge is 2.84. The summed E-state index contributed by atoms with van der Waals surface area (Å²) in [6.45, 7) is 18.2. The van der Waals surface area contributed by atoms with Gasteiger partial charge < -0.3 is 39.0 Å². The van der Waals surface area contributed by atoms with E-state index in [4.69, 9.17) is 18.9 Å². The van der Waals surface area contributed by atoms with Gasteiger partial charge in [0.25, 0.3) is 0 Å². The quantitative estimate of drug-likeness (QED) is 0.378. The van der Waals surface area contributed by atoms with Crippen molar-refractivity contribution in [2.24, 2.45) is 50.7 Å². The van der Waals surface area contributed by atoms with Crippen LogP contribution < -0.4 is 0 Å². The van der Waals surface area contributed by atoms with E-state index in [0.717, 1.165) is 32.1 Å². The van der Waals surface area contributed by atoms with Crippen LogP contribution >= 0.6 is 0 Å². The third-order valence-corrected chi connectivity index (χ3v) is 16.1. The molecule has 5 saturated carbocycles. The van der Waals surface area contributed by atoms with Gasteiger partial charge in [0.1, 0.15) is 0 Å². The fourth-order valence-electron chi connectivity index (χ4n) is 13.9. The van der Waals surface area contributed by atoms with E-state index in [-0.39, 0.29) is 57.1 Å². The molecule has 14 atom stereocenters. The number of esters is 1. The Morgan fingerprint density at radius 3 is 2.35 bits per heavy atom. The lowest BCUT2D eigenvalue weighted by Gasteiger charge is -2.64. The molecule has 7 rings (SSSR count). The zero-order valence-corrected chi connectivity index (χ0v) is 31.8. The van der Waals surface area contributed by atoms with Crippen LogP contribution in [0.15, 0.2) is 0 Å². The largest absolute Gasteiger partial charge is 0.457 e. The van der Waals surface area contributed by atoms with Gasteiger partial charge in [0.15, 0.2) is 12.4 Å². The number of carbonyl (C=O) groups excluding carboxylic acids is 2. The summed E-state index contributed by atoms with van der Waals surface area (Å²) in [5, 5.41) is 23.6. The zero-order chi connectivity index (χ0) is 35.7. The minimum absolute atomic E-state index is 0.000463. The number of urea groups is 1. The lowest BCUT2D eigenvalue weighted by Crippen LogP contribution is -2.60. The van der Waals surface area contributed by atoms with Crippen LogP contribution in [-0.4, -0.2) is 108 Å². The van der Waals surface area contributed by atoms with Crippen molar-refractivity contribution in [3.63, 3.8) is 0 Å². The second-order valence-corrected chi connectivity index (χ2v) is 19.3. The molecule has 0 radical (unpaired) electrons. The Kier molecular flexibility index (Phi) is 8.44. The van der Waals surface area contributed by atoms with Crippen molar-refractivity contribution < 1.29 is 38.7 Å². The molecule has 2 N–H and O–H groups in total. The SMILES string of the molecule is CC(=O)O[C@@H](C1C[C@@H](C)[C@H]2C(O1)[C@H](O)[C@@]1(C)C3CC[C@H]4C(C)(C)[C@@H](O[C@H]5CN(C(=O)N(C)C)CCO5)CCC45CC35CCC21C)C(C)(C)O. The van der Waals surface area contributed by atoms with Crippen LogP contribution in [0.1, 0.15) is 107 Å². The summed E-state index contributed by atoms with van der Waals surface area (Å²) in [6.07, 6.45) is 5.91. The van der Waals surface area contributed by atoms with Crippen LogP contribution in [0.4, 0.5) is 4.79 Å². The number of nitrogens with zero attached hydrogens (tertiary/aromatic N) is 2. The maximum absolute atomic E-state index is 12.7. The summed E-state index contributed by atoms with van der Waals surface area (Å²) < 4.78 is 25.4. The number of morpholine rings is 1. The Balaban J connectivity index is 1.12. The van der Waals surface area contributed by atoms with Crippen molar-refractivity contribution in [1.29, 1.82) is 0 Å². The van der Waals surface area contributed by atoms with Crippen molar-refractivity contribution in [3.8, 4) is 0 Å². The molecular weight excluding hydrogens is 624 g/mol. The zero-order valence-electron chi connectivity index (χ0n) is 31.8. The third-order valence-electron chi connectivity index (χ3n) is 16.1. The molecule has 2 heterocycles. The number of hydrogen-bond donors (Lipinski definition) is 2. The number of aliphatic hydroxyl groups is 2. The molecule has 2 amide bonds. The summed E-state index contributed by atoms with van der Waals surface area (Å²) in [7, 11) is 3.57. The topological polar surface area (TPSA) is 118 Å². The lowest BCUT2D eigenvalue weighted by molar-refractivity contribution is -0.245. The van der Waals surface area contributed by atoms with E-state index in [1.165, 1.54) is 19.8 Å². The molecule has 0 aromatic carbocycles. The number of fused-ring (bicyclic) bond motifs is 4. The molecule has 2 spiro atoms. The highest BCUT2D eigenvalue weighted by Crippen LogP contribution is 2.89. The number of aliphatic hydroxyl groups excluding tert-OH is 1. The van der Waals surface area contributed by atoms with Crippen LogP contribution in [0.25, 0.3) is 0 Å². The fraction of sp³-hybridized carbons (Fsp3) is 0.949. The summed E-state index contributed by atoms with van der Waals surface area (Å²) in [6, 6.07) is 0.000463. The summed E-state index contributed by atoms with van der Waals surface area (Å²) in [4.78, 5) is 28.2. The third kappa shape index (κ3) is 4.95. The molecule has 6 unspecified atom stereocenters. The van der Waals surface area contributed by atoms with Gasteiger partial charge in [0.05, 0.1) is 43.2 Å². The molecule has 7 aliphatic rings. The second kappa shape index (κ2) is 11.5. The first kappa shape index (κ1) is 35.9. The summed E-state index contributed by atoms with van der Waals surface area (Å²) in [5.74, 6) is 0.954. The van der Waals surface area contributed by atoms with Gasteiger partial charge in [-0.3, -0.25) is 4.79 Å². The van der Waals surface area contributed by atoms with E-state index >= 15 is 0 Å². The van der Waals surface area contributed by atoms with Gasteiger partial charge in [-0.25, -0.2) is 4.79 Å². The standard InChI is InChI=1S/C39H64N2O8/c1-22-19-24(32(35(5,6)45)47-23(2)42)48-30-29(22)36(7)15-16-39-21-38(39)14-13-27(49-28-20-41(17-18-46-28)33(44)40(9)10)34(3,4)25(38)11-12-26(39)37(36,8)31(30)43/h22,24-32,43,45H,11-21H2,1-10H3/t22-,24?,25+,26?,27+,28+,29+,30?,31+,32+,36?,37-,38?,39?/m1/s1. The van der Waals surface area contributed by atoms with Gasteiger partial charge in [-0.05, 0) is 111 Å². The van der Waals surface area contributed by atoms with Crippen LogP contribution in [0.2, 0.25) is 0 Å². The maximum atomic E-state index is 12.7. The Labute approximate surface area is 293 Å². The molecule has 10 heteroatoms. The van der Waals surface area contributed by atoms with Gasteiger partial charge >= 0.3 is 12.0 Å². The van der Waals surface area contributed by atoms with E-state index in [2.05, 4.69) is 34.6 Å². The molecular formula is C39H64N2O8. The average Bonchev–Trinajstić information content (AvgIpc) is 3.65. The summed E-state index contributed by atoms with van der Waals surface area (Å²) >= 11 is 0. The number of ether oxygens (including phenoxy) is 4. The van der Waals surface area contributed by atoms with Gasteiger partial charge in [-0.2, -0.15) is 0 Å². The van der Waals surface area contributed by atoms with Gasteiger partial charge in [0.2, 0.25) is 0 Å². The molecule has 0 bridgehead atoms. The molecule has 278 valence electrons. The van der Waals surface area contributed by atoms with Crippen LogP contribution in [-0.2, 0) is 23.7 Å². The maximum Gasteiger partial charge on any atom is 0.319 e. The van der Waals surface area contributed by atoms with Crippen molar-refractivity contribution in [3.05, 3.63) is 0 Å². The smallest absolute Gasteiger partial charge is 0.319 e. The van der Waals surface area contributed by atoms with E-state index in [1.807, 2.05) is 4.90 Å². The Morgan fingerprint density at radius 1 is 1.02 bits per heavy atom. The molecule has 0 aromatic rings. The fourth-order valence-corrected chi connectivity index (χ4v) is 13.9. The van der Waals surface area contributed by atoms with Crippen molar-refractivity contribution >= 4 is 12.0 Å². The Hall–Kier alpha value is -1.46. The van der Waals surface area contributed by atoms with Gasteiger partial charge in [0, 0.05) is 33.0 Å². The molecule has 10 nitrogen and oxygen atoms in total. The first-order valence-electron chi connectivity index (χ1n) is 19.2. The molecule has 5 aliphatic carbocycles. The van der Waals surface area contributed by atoms with E-state index in [0.29, 0.717) is 38.0 Å².